The molecule has 9 heteroatoms. The Morgan fingerprint density at radius 2 is 1.88 bits per heavy atom. The third-order valence-electron chi connectivity index (χ3n) is 3.50. The summed E-state index contributed by atoms with van der Waals surface area (Å²) in [5, 5.41) is 4.34. The fourth-order valence-electron chi connectivity index (χ4n) is 2.30. The van der Waals surface area contributed by atoms with Gasteiger partial charge in [0.1, 0.15) is 17.1 Å². The highest BCUT2D eigenvalue weighted by Crippen LogP contribution is 2.29. The number of anilines is 1. The highest BCUT2D eigenvalue weighted by atomic mass is 16.5. The number of ether oxygens (including phenoxy) is 3. The minimum atomic E-state index is -0.540. The van der Waals surface area contributed by atoms with Gasteiger partial charge in [-0.2, -0.15) is 4.52 Å². The lowest BCUT2D eigenvalue weighted by Crippen LogP contribution is -2.10. The van der Waals surface area contributed by atoms with Gasteiger partial charge in [-0.15, -0.1) is 5.10 Å². The number of nitrogen functional groups attached to an aromatic ring is 1. The third-order valence-corrected chi connectivity index (χ3v) is 3.50. The van der Waals surface area contributed by atoms with Crippen LogP contribution in [-0.2, 0) is 4.74 Å². The highest BCUT2D eigenvalue weighted by Gasteiger charge is 2.19. The molecule has 0 aliphatic carbocycles. The second-order valence-electron chi connectivity index (χ2n) is 5.02. The van der Waals surface area contributed by atoms with Gasteiger partial charge in [-0.3, -0.25) is 0 Å². The summed E-state index contributed by atoms with van der Waals surface area (Å²) >= 11 is 0. The lowest BCUT2D eigenvalue weighted by atomic mass is 10.2. The largest absolute Gasteiger partial charge is 0.497 e. The number of nitrogens with zero attached hydrogens (tertiary/aromatic N) is 4. The van der Waals surface area contributed by atoms with Crippen molar-refractivity contribution in [3.8, 4) is 22.9 Å². The lowest BCUT2D eigenvalue weighted by molar-refractivity contribution is 0.0527. The van der Waals surface area contributed by atoms with Crippen molar-refractivity contribution in [2.45, 2.75) is 6.92 Å². The summed E-state index contributed by atoms with van der Waals surface area (Å²) in [4.78, 5) is 20.5. The Balaban J connectivity index is 2.17. The average Bonchev–Trinajstić information content (AvgIpc) is 3.08. The van der Waals surface area contributed by atoms with Crippen molar-refractivity contribution < 1.29 is 19.0 Å². The molecule has 0 saturated heterocycles. The molecule has 0 unspecified atom stereocenters. The van der Waals surface area contributed by atoms with Gasteiger partial charge in [-0.05, 0) is 19.1 Å². The quantitative estimate of drug-likeness (QED) is 0.694. The number of hydrogen-bond donors (Lipinski definition) is 1. The molecule has 130 valence electrons. The molecule has 0 amide bonds. The van der Waals surface area contributed by atoms with E-state index in [0.29, 0.717) is 22.9 Å². The van der Waals surface area contributed by atoms with E-state index in [1.807, 2.05) is 0 Å². The lowest BCUT2D eigenvalue weighted by Gasteiger charge is -2.05. The smallest absolute Gasteiger partial charge is 0.343 e. The molecule has 0 aliphatic heterocycles. The van der Waals surface area contributed by atoms with Crippen molar-refractivity contribution >= 4 is 17.6 Å². The van der Waals surface area contributed by atoms with Crippen molar-refractivity contribution in [3.63, 3.8) is 0 Å². The Bertz CT molecular complexity index is 915. The minimum absolute atomic E-state index is 0.108. The number of nitrogens with two attached hydrogens (primary N) is 1. The zero-order valence-corrected chi connectivity index (χ0v) is 14.0. The molecule has 0 fully saturated rings. The Morgan fingerprint density at radius 1 is 1.20 bits per heavy atom. The predicted molar refractivity (Wildman–Crippen MR) is 89.7 cm³/mol. The van der Waals surface area contributed by atoms with Gasteiger partial charge in [-0.25, -0.2) is 14.8 Å². The summed E-state index contributed by atoms with van der Waals surface area (Å²) in [5.41, 5.74) is 6.95. The molecule has 1 aromatic carbocycles. The number of aromatic nitrogens is 4. The Kier molecular flexibility index (Phi) is 4.38. The fraction of sp³-hybridized carbons (Fsp3) is 0.250. The van der Waals surface area contributed by atoms with Crippen LogP contribution in [0.2, 0.25) is 0 Å². The first-order valence-electron chi connectivity index (χ1n) is 7.49. The number of fused-ring (bicyclic) bond motifs is 1. The summed E-state index contributed by atoms with van der Waals surface area (Å²) in [6.45, 7) is 1.96. The molecular formula is C16H17N5O4. The molecular weight excluding hydrogens is 326 g/mol. The summed E-state index contributed by atoms with van der Waals surface area (Å²) < 4.78 is 16.8. The summed E-state index contributed by atoms with van der Waals surface area (Å²) in [5.74, 6) is 1.09. The van der Waals surface area contributed by atoms with Crippen molar-refractivity contribution in [2.75, 3.05) is 26.6 Å². The van der Waals surface area contributed by atoms with E-state index >= 15 is 0 Å². The van der Waals surface area contributed by atoms with Gasteiger partial charge in [0.15, 0.2) is 11.5 Å². The topological polar surface area (TPSA) is 114 Å². The highest BCUT2D eigenvalue weighted by molar-refractivity contribution is 5.96. The van der Waals surface area contributed by atoms with Crippen molar-refractivity contribution in [2.24, 2.45) is 0 Å². The van der Waals surface area contributed by atoms with Gasteiger partial charge < -0.3 is 19.9 Å². The number of benzene rings is 1. The molecule has 0 saturated carbocycles. The maximum Gasteiger partial charge on any atom is 0.343 e. The molecule has 2 aromatic heterocycles. The van der Waals surface area contributed by atoms with E-state index in [4.69, 9.17) is 19.9 Å². The number of hydrogen-bond acceptors (Lipinski definition) is 8. The SMILES string of the molecule is CCOC(=O)c1cnc(N)n2nc(-c3cc(OC)cc(OC)c3)nc12. The van der Waals surface area contributed by atoms with E-state index in [9.17, 15) is 4.79 Å². The molecule has 9 nitrogen and oxygen atoms in total. The maximum absolute atomic E-state index is 12.1. The Labute approximate surface area is 143 Å². The van der Waals surface area contributed by atoms with Crippen LogP contribution in [-0.4, -0.2) is 46.4 Å². The van der Waals surface area contributed by atoms with Crippen LogP contribution in [0, 0.1) is 0 Å². The van der Waals surface area contributed by atoms with Gasteiger partial charge >= 0.3 is 5.97 Å². The fourth-order valence-corrected chi connectivity index (χ4v) is 2.30. The molecule has 0 atom stereocenters. The van der Waals surface area contributed by atoms with Crippen LogP contribution in [0.15, 0.2) is 24.4 Å². The first-order valence-corrected chi connectivity index (χ1v) is 7.49. The molecule has 0 spiro atoms. The second-order valence-corrected chi connectivity index (χ2v) is 5.02. The number of carbonyl (C=O) groups excluding carboxylic acids is 1. The number of carbonyl (C=O) groups is 1. The number of methoxy groups -OCH3 is 2. The van der Waals surface area contributed by atoms with Crippen LogP contribution in [0.5, 0.6) is 11.5 Å². The van der Waals surface area contributed by atoms with E-state index in [-0.39, 0.29) is 23.8 Å². The molecule has 2 heterocycles. The third kappa shape index (κ3) is 3.03. The summed E-state index contributed by atoms with van der Waals surface area (Å²) in [7, 11) is 3.10. The minimum Gasteiger partial charge on any atom is -0.497 e. The van der Waals surface area contributed by atoms with E-state index < -0.39 is 5.97 Å². The van der Waals surface area contributed by atoms with E-state index in [2.05, 4.69) is 15.1 Å². The first kappa shape index (κ1) is 16.5. The van der Waals surface area contributed by atoms with Crippen LogP contribution in [0.1, 0.15) is 17.3 Å². The normalized spacial score (nSPS) is 10.7. The number of rotatable bonds is 5. The standard InChI is InChI=1S/C16H17N5O4/c1-4-25-15(22)12-8-18-16(17)21-14(12)19-13(20-21)9-5-10(23-2)7-11(6-9)24-3/h5-8H,4H2,1-3H3,(H2,17,18). The summed E-state index contributed by atoms with van der Waals surface area (Å²) in [6.07, 6.45) is 1.33. The average molecular weight is 343 g/mol. The molecule has 2 N–H and O–H groups in total. The molecule has 25 heavy (non-hydrogen) atoms. The van der Waals surface area contributed by atoms with Crippen LogP contribution in [0.4, 0.5) is 5.95 Å². The van der Waals surface area contributed by atoms with Gasteiger partial charge in [0.2, 0.25) is 5.95 Å². The maximum atomic E-state index is 12.1. The van der Waals surface area contributed by atoms with Gasteiger partial charge in [0.25, 0.3) is 0 Å². The monoisotopic (exact) mass is 343 g/mol. The molecule has 0 radical (unpaired) electrons. The van der Waals surface area contributed by atoms with Crippen LogP contribution >= 0.6 is 0 Å². The van der Waals surface area contributed by atoms with Crippen LogP contribution < -0.4 is 15.2 Å². The van der Waals surface area contributed by atoms with E-state index in [1.54, 1.807) is 39.3 Å². The van der Waals surface area contributed by atoms with Gasteiger partial charge in [0.05, 0.1) is 20.8 Å². The number of esters is 1. The van der Waals surface area contributed by atoms with E-state index in [1.165, 1.54) is 10.7 Å². The summed E-state index contributed by atoms with van der Waals surface area (Å²) in [6, 6.07) is 5.25. The van der Waals surface area contributed by atoms with Gasteiger partial charge in [0, 0.05) is 17.8 Å². The van der Waals surface area contributed by atoms with E-state index in [0.717, 1.165) is 0 Å². The van der Waals surface area contributed by atoms with Crippen LogP contribution in [0.3, 0.4) is 0 Å². The Morgan fingerprint density at radius 3 is 2.48 bits per heavy atom. The molecule has 0 aliphatic rings. The van der Waals surface area contributed by atoms with Crippen LogP contribution in [0.25, 0.3) is 17.0 Å². The van der Waals surface area contributed by atoms with Crippen molar-refractivity contribution in [3.05, 3.63) is 30.0 Å². The van der Waals surface area contributed by atoms with Gasteiger partial charge in [-0.1, -0.05) is 0 Å². The second kappa shape index (κ2) is 6.63. The molecule has 3 rings (SSSR count). The zero-order valence-electron chi connectivity index (χ0n) is 14.0. The zero-order chi connectivity index (χ0) is 18.0. The Hall–Kier alpha value is -3.36. The molecule has 0 bridgehead atoms. The van der Waals surface area contributed by atoms with Crippen molar-refractivity contribution in [1.82, 2.24) is 19.6 Å². The first-order chi connectivity index (χ1) is 12.1. The predicted octanol–water partition coefficient (Wildman–Crippen LogP) is 1.57. The molecule has 3 aromatic rings. The van der Waals surface area contributed by atoms with Crippen molar-refractivity contribution in [1.29, 1.82) is 0 Å².